The number of benzene rings is 2. The van der Waals surface area contributed by atoms with E-state index in [1.165, 1.54) is 0 Å². The third-order valence-electron chi connectivity index (χ3n) is 4.65. The third kappa shape index (κ3) is 5.22. The van der Waals surface area contributed by atoms with Crippen LogP contribution >= 0.6 is 0 Å². The molecule has 0 amide bonds. The van der Waals surface area contributed by atoms with Crippen LogP contribution in [0.2, 0.25) is 0 Å². The van der Waals surface area contributed by atoms with Gasteiger partial charge in [-0.15, -0.1) is 0 Å². The highest BCUT2D eigenvalue weighted by Gasteiger charge is 2.16. The number of hydrogen-bond acceptors (Lipinski definition) is 8. The highest BCUT2D eigenvalue weighted by molar-refractivity contribution is 5.79. The molecule has 0 radical (unpaired) electrons. The molecule has 0 aliphatic carbocycles. The minimum absolute atomic E-state index is 0.470. The number of nitrogens with one attached hydrogen (secondary N) is 1. The lowest BCUT2D eigenvalue weighted by Crippen LogP contribution is -2.11. The number of aromatic nitrogens is 3. The zero-order chi connectivity index (χ0) is 22.4. The van der Waals surface area contributed by atoms with Crippen molar-refractivity contribution in [3.63, 3.8) is 0 Å². The normalized spacial score (nSPS) is 11.5. The Morgan fingerprint density at radius 2 is 1.61 bits per heavy atom. The molecule has 1 aromatic heterocycles. The number of aryl methyl sites for hydroxylation is 1. The zero-order valence-electron chi connectivity index (χ0n) is 18.4. The first kappa shape index (κ1) is 21.9. The molecular formula is C23H27N5O3. The maximum atomic E-state index is 6.23. The maximum absolute atomic E-state index is 6.23. The van der Waals surface area contributed by atoms with Crippen molar-refractivity contribution in [1.29, 1.82) is 0 Å². The molecule has 0 aliphatic heterocycles. The Morgan fingerprint density at radius 1 is 0.903 bits per heavy atom. The molecule has 1 heterocycles. The molecule has 3 N–H and O–H groups in total. The Kier molecular flexibility index (Phi) is 6.92. The van der Waals surface area contributed by atoms with E-state index in [2.05, 4.69) is 20.3 Å². The van der Waals surface area contributed by atoms with Crippen LogP contribution in [0.4, 0.5) is 5.95 Å². The minimum atomic E-state index is 0.470. The van der Waals surface area contributed by atoms with Crippen LogP contribution in [0.1, 0.15) is 29.7 Å². The van der Waals surface area contributed by atoms with Gasteiger partial charge in [-0.25, -0.2) is 4.98 Å². The van der Waals surface area contributed by atoms with Crippen molar-refractivity contribution in [1.82, 2.24) is 15.0 Å². The lowest BCUT2D eigenvalue weighted by molar-refractivity contribution is 0.355. The molecule has 8 nitrogen and oxygen atoms in total. The van der Waals surface area contributed by atoms with E-state index in [4.69, 9.17) is 19.9 Å². The van der Waals surface area contributed by atoms with Crippen LogP contribution in [0, 0.1) is 6.92 Å². The summed E-state index contributed by atoms with van der Waals surface area (Å²) in [6, 6.07) is 13.4. The molecule has 3 rings (SSSR count). The van der Waals surface area contributed by atoms with Gasteiger partial charge in [0.15, 0.2) is 17.3 Å². The molecular weight excluding hydrogens is 394 g/mol. The first-order chi connectivity index (χ1) is 14.9. The summed E-state index contributed by atoms with van der Waals surface area (Å²) in [5.41, 5.74) is 9.42. The largest absolute Gasteiger partial charge is 0.497 e. The van der Waals surface area contributed by atoms with Crippen molar-refractivity contribution in [3.05, 3.63) is 70.9 Å². The van der Waals surface area contributed by atoms with Crippen molar-refractivity contribution in [2.75, 3.05) is 26.6 Å². The summed E-state index contributed by atoms with van der Waals surface area (Å²) in [5.74, 6) is 3.58. The summed E-state index contributed by atoms with van der Waals surface area (Å²) in [6.07, 6.45) is 0. The van der Waals surface area contributed by atoms with E-state index in [9.17, 15) is 0 Å². The number of allylic oxidation sites excluding steroid dienone is 1. The molecule has 31 heavy (non-hydrogen) atoms. The Balaban J connectivity index is 1.91. The monoisotopic (exact) mass is 421 g/mol. The van der Waals surface area contributed by atoms with Crippen molar-refractivity contribution in [2.45, 2.75) is 20.4 Å². The fourth-order valence-corrected chi connectivity index (χ4v) is 3.12. The molecule has 0 bridgehead atoms. The van der Waals surface area contributed by atoms with E-state index in [1.54, 1.807) is 21.3 Å². The highest BCUT2D eigenvalue weighted by atomic mass is 16.5. The Morgan fingerprint density at radius 3 is 2.23 bits per heavy atom. The van der Waals surface area contributed by atoms with Crippen molar-refractivity contribution in [2.24, 2.45) is 5.73 Å². The summed E-state index contributed by atoms with van der Waals surface area (Å²) in [6.45, 7) is 4.20. The second-order valence-electron chi connectivity index (χ2n) is 6.86. The van der Waals surface area contributed by atoms with E-state index in [-0.39, 0.29) is 0 Å². The van der Waals surface area contributed by atoms with E-state index < -0.39 is 0 Å². The predicted octanol–water partition coefficient (Wildman–Crippen LogP) is 3.56. The Hall–Kier alpha value is -3.81. The van der Waals surface area contributed by atoms with Gasteiger partial charge in [0.1, 0.15) is 11.6 Å². The number of anilines is 1. The third-order valence-corrected chi connectivity index (χ3v) is 4.65. The van der Waals surface area contributed by atoms with Gasteiger partial charge in [0.05, 0.1) is 21.3 Å². The topological polar surface area (TPSA) is 104 Å². The van der Waals surface area contributed by atoms with Gasteiger partial charge in [-0.1, -0.05) is 18.2 Å². The molecule has 0 saturated heterocycles. The first-order valence-corrected chi connectivity index (χ1v) is 9.73. The van der Waals surface area contributed by atoms with E-state index in [0.717, 1.165) is 16.9 Å². The average molecular weight is 422 g/mol. The number of ether oxygens (including phenoxy) is 3. The summed E-state index contributed by atoms with van der Waals surface area (Å²) < 4.78 is 16.0. The van der Waals surface area contributed by atoms with Gasteiger partial charge in [0.2, 0.25) is 5.95 Å². The van der Waals surface area contributed by atoms with Crippen LogP contribution in [-0.2, 0) is 6.54 Å². The van der Waals surface area contributed by atoms with Gasteiger partial charge in [-0.2, -0.15) is 9.97 Å². The van der Waals surface area contributed by atoms with Crippen LogP contribution in [-0.4, -0.2) is 36.3 Å². The smallest absolute Gasteiger partial charge is 0.226 e. The quantitative estimate of drug-likeness (QED) is 0.569. The molecule has 2 aromatic carbocycles. The summed E-state index contributed by atoms with van der Waals surface area (Å²) in [4.78, 5) is 13.5. The predicted molar refractivity (Wildman–Crippen MR) is 120 cm³/mol. The van der Waals surface area contributed by atoms with Crippen LogP contribution in [0.15, 0.2) is 48.2 Å². The lowest BCUT2D eigenvalue weighted by Gasteiger charge is -2.14. The van der Waals surface area contributed by atoms with Gasteiger partial charge in [-0.05, 0) is 49.2 Å². The molecule has 8 heteroatoms. The average Bonchev–Trinajstić information content (AvgIpc) is 2.77. The van der Waals surface area contributed by atoms with Crippen LogP contribution in [0.25, 0.3) is 5.57 Å². The Bertz CT molecular complexity index is 1080. The van der Waals surface area contributed by atoms with Crippen LogP contribution in [0.3, 0.4) is 0 Å². The highest BCUT2D eigenvalue weighted by Crippen LogP contribution is 2.32. The number of methoxy groups -OCH3 is 3. The van der Waals surface area contributed by atoms with Gasteiger partial charge in [0, 0.05) is 17.8 Å². The van der Waals surface area contributed by atoms with Gasteiger partial charge in [-0.3, -0.25) is 0 Å². The standard InChI is InChI=1S/C23H27N5O3/c1-14(24)21(17-8-11-19(30-4)20(12-17)31-5)22-26-15(2)27-23(28-22)25-13-16-6-9-18(29-3)10-7-16/h6-12H,13,24H2,1-5H3,(H,25,26,27,28). The first-order valence-electron chi connectivity index (χ1n) is 9.73. The van der Waals surface area contributed by atoms with Crippen LogP contribution < -0.4 is 25.3 Å². The number of nitrogens with zero attached hydrogens (tertiary/aromatic N) is 3. The molecule has 0 unspecified atom stereocenters. The molecule has 0 fully saturated rings. The van der Waals surface area contributed by atoms with Gasteiger partial charge < -0.3 is 25.3 Å². The molecule has 0 saturated carbocycles. The SMILES string of the molecule is COc1ccc(CNc2nc(C)nc(C(=C(C)N)c3ccc(OC)c(OC)c3)n2)cc1. The van der Waals surface area contributed by atoms with Crippen molar-refractivity contribution < 1.29 is 14.2 Å². The second-order valence-corrected chi connectivity index (χ2v) is 6.86. The van der Waals surface area contributed by atoms with E-state index in [1.807, 2.05) is 56.3 Å². The molecule has 0 atom stereocenters. The van der Waals surface area contributed by atoms with Gasteiger partial charge >= 0.3 is 0 Å². The van der Waals surface area contributed by atoms with E-state index >= 15 is 0 Å². The molecule has 162 valence electrons. The number of hydrogen-bond donors (Lipinski definition) is 2. The zero-order valence-corrected chi connectivity index (χ0v) is 18.4. The fraction of sp³-hybridized carbons (Fsp3) is 0.261. The molecule has 3 aromatic rings. The number of rotatable bonds is 8. The van der Waals surface area contributed by atoms with Crippen molar-refractivity contribution >= 4 is 11.5 Å². The second kappa shape index (κ2) is 9.80. The molecule has 0 spiro atoms. The lowest BCUT2D eigenvalue weighted by atomic mass is 10.0. The Labute approximate surface area is 182 Å². The molecule has 0 aliphatic rings. The fourth-order valence-electron chi connectivity index (χ4n) is 3.12. The van der Waals surface area contributed by atoms with Crippen LogP contribution in [0.5, 0.6) is 17.2 Å². The summed E-state index contributed by atoms with van der Waals surface area (Å²) >= 11 is 0. The summed E-state index contributed by atoms with van der Waals surface area (Å²) in [7, 11) is 4.83. The number of nitrogens with two attached hydrogens (primary N) is 1. The van der Waals surface area contributed by atoms with E-state index in [0.29, 0.717) is 46.9 Å². The minimum Gasteiger partial charge on any atom is -0.497 e. The summed E-state index contributed by atoms with van der Waals surface area (Å²) in [5, 5.41) is 3.25. The van der Waals surface area contributed by atoms with Crippen molar-refractivity contribution in [3.8, 4) is 17.2 Å². The van der Waals surface area contributed by atoms with Gasteiger partial charge in [0.25, 0.3) is 0 Å². The maximum Gasteiger partial charge on any atom is 0.226 e.